The molecular formula is C17H27NO. The smallest absolute Gasteiger partial charge is 0.119 e. The van der Waals surface area contributed by atoms with E-state index < -0.39 is 0 Å². The van der Waals surface area contributed by atoms with Crippen LogP contribution in [0.1, 0.15) is 52.9 Å². The summed E-state index contributed by atoms with van der Waals surface area (Å²) < 4.78 is 5.67. The predicted octanol–water partition coefficient (Wildman–Crippen LogP) is 4.85. The van der Waals surface area contributed by atoms with Crippen molar-refractivity contribution in [3.05, 3.63) is 24.3 Å². The van der Waals surface area contributed by atoms with Gasteiger partial charge >= 0.3 is 0 Å². The molecule has 1 N–H and O–H groups in total. The molecule has 106 valence electrons. The van der Waals surface area contributed by atoms with Gasteiger partial charge in [0.2, 0.25) is 0 Å². The van der Waals surface area contributed by atoms with Gasteiger partial charge in [-0.05, 0) is 56.9 Å². The van der Waals surface area contributed by atoms with E-state index in [9.17, 15) is 0 Å². The summed E-state index contributed by atoms with van der Waals surface area (Å²) >= 11 is 0. The molecule has 2 rings (SSSR count). The van der Waals surface area contributed by atoms with E-state index in [1.165, 1.54) is 37.8 Å². The molecule has 0 amide bonds. The first-order valence-electron chi connectivity index (χ1n) is 7.70. The third kappa shape index (κ3) is 4.45. The van der Waals surface area contributed by atoms with Crippen LogP contribution in [0.25, 0.3) is 0 Å². The van der Waals surface area contributed by atoms with Gasteiger partial charge in [-0.3, -0.25) is 0 Å². The molecule has 0 aliphatic heterocycles. The van der Waals surface area contributed by atoms with E-state index in [4.69, 9.17) is 4.74 Å². The van der Waals surface area contributed by atoms with Gasteiger partial charge in [-0.25, -0.2) is 0 Å². The Labute approximate surface area is 117 Å². The summed E-state index contributed by atoms with van der Waals surface area (Å²) in [7, 11) is 0. The second-order valence-corrected chi connectivity index (χ2v) is 5.97. The molecule has 1 aromatic carbocycles. The van der Waals surface area contributed by atoms with Crippen molar-refractivity contribution in [1.29, 1.82) is 0 Å². The molecule has 0 saturated heterocycles. The summed E-state index contributed by atoms with van der Waals surface area (Å²) in [6.45, 7) is 6.42. The minimum absolute atomic E-state index is 0.238. The first kappa shape index (κ1) is 14.2. The van der Waals surface area contributed by atoms with E-state index in [0.717, 1.165) is 11.7 Å². The number of hydrogen-bond acceptors (Lipinski definition) is 2. The molecular weight excluding hydrogens is 234 g/mol. The summed E-state index contributed by atoms with van der Waals surface area (Å²) in [6.07, 6.45) is 6.96. The molecule has 1 saturated carbocycles. The van der Waals surface area contributed by atoms with Crippen molar-refractivity contribution >= 4 is 5.69 Å². The highest BCUT2D eigenvalue weighted by Gasteiger charge is 2.20. The number of benzene rings is 1. The number of rotatable bonds is 5. The van der Waals surface area contributed by atoms with Crippen LogP contribution in [0.3, 0.4) is 0 Å². The molecule has 2 atom stereocenters. The van der Waals surface area contributed by atoms with Crippen LogP contribution >= 0.6 is 0 Å². The zero-order chi connectivity index (χ0) is 13.7. The average Bonchev–Trinajstić information content (AvgIpc) is 2.41. The second kappa shape index (κ2) is 6.83. The lowest BCUT2D eigenvalue weighted by Crippen LogP contribution is -2.27. The Morgan fingerprint density at radius 1 is 1.21 bits per heavy atom. The standard InChI is InChI=1S/C17H27NO/c1-4-14-6-5-7-16(12-14)18-15-8-10-17(11-9-15)19-13(2)3/h8-11,13-14,16,18H,4-7,12H2,1-3H3. The van der Waals surface area contributed by atoms with E-state index in [1.54, 1.807) is 0 Å². The molecule has 0 spiro atoms. The first-order valence-corrected chi connectivity index (χ1v) is 7.70. The van der Waals surface area contributed by atoms with Gasteiger partial charge in [0.15, 0.2) is 0 Å². The fourth-order valence-electron chi connectivity index (χ4n) is 2.93. The van der Waals surface area contributed by atoms with Crippen LogP contribution in [0, 0.1) is 5.92 Å². The van der Waals surface area contributed by atoms with Crippen molar-refractivity contribution in [3.8, 4) is 5.75 Å². The predicted molar refractivity (Wildman–Crippen MR) is 81.9 cm³/mol. The Morgan fingerprint density at radius 3 is 2.58 bits per heavy atom. The SMILES string of the molecule is CCC1CCCC(Nc2ccc(OC(C)C)cc2)C1. The highest BCUT2D eigenvalue weighted by Crippen LogP contribution is 2.29. The van der Waals surface area contributed by atoms with Gasteiger partial charge in [-0.2, -0.15) is 0 Å². The minimum Gasteiger partial charge on any atom is -0.491 e. The van der Waals surface area contributed by atoms with Crippen LogP contribution in [0.15, 0.2) is 24.3 Å². The maximum atomic E-state index is 5.67. The number of ether oxygens (including phenoxy) is 1. The third-order valence-electron chi connectivity index (χ3n) is 3.96. The summed E-state index contributed by atoms with van der Waals surface area (Å²) in [6, 6.07) is 9.03. The van der Waals surface area contributed by atoms with Gasteiger partial charge in [0.25, 0.3) is 0 Å². The third-order valence-corrected chi connectivity index (χ3v) is 3.96. The van der Waals surface area contributed by atoms with Crippen LogP contribution in [0.4, 0.5) is 5.69 Å². The van der Waals surface area contributed by atoms with E-state index in [-0.39, 0.29) is 6.10 Å². The minimum atomic E-state index is 0.238. The Morgan fingerprint density at radius 2 is 1.95 bits per heavy atom. The fraction of sp³-hybridized carbons (Fsp3) is 0.647. The summed E-state index contributed by atoms with van der Waals surface area (Å²) in [4.78, 5) is 0. The molecule has 0 bridgehead atoms. The quantitative estimate of drug-likeness (QED) is 0.817. The monoisotopic (exact) mass is 261 g/mol. The van der Waals surface area contributed by atoms with Crippen molar-refractivity contribution in [1.82, 2.24) is 0 Å². The Hall–Kier alpha value is -1.18. The number of anilines is 1. The average molecular weight is 261 g/mol. The zero-order valence-electron chi connectivity index (χ0n) is 12.5. The van der Waals surface area contributed by atoms with Crippen LogP contribution in [-0.2, 0) is 0 Å². The fourth-order valence-corrected chi connectivity index (χ4v) is 2.93. The molecule has 0 heterocycles. The maximum absolute atomic E-state index is 5.67. The van der Waals surface area contributed by atoms with Gasteiger partial charge in [-0.1, -0.05) is 26.2 Å². The van der Waals surface area contributed by atoms with Gasteiger partial charge in [0.05, 0.1) is 6.10 Å². The lowest BCUT2D eigenvalue weighted by molar-refractivity contribution is 0.242. The van der Waals surface area contributed by atoms with Crippen LogP contribution in [-0.4, -0.2) is 12.1 Å². The van der Waals surface area contributed by atoms with Crippen molar-refractivity contribution in [2.24, 2.45) is 5.92 Å². The van der Waals surface area contributed by atoms with Gasteiger partial charge in [0, 0.05) is 11.7 Å². The summed E-state index contributed by atoms with van der Waals surface area (Å²) in [5.74, 6) is 1.87. The Balaban J connectivity index is 1.88. The number of hydrogen-bond donors (Lipinski definition) is 1. The Kier molecular flexibility index (Phi) is 5.12. The molecule has 2 heteroatoms. The van der Waals surface area contributed by atoms with Crippen LogP contribution in [0.5, 0.6) is 5.75 Å². The van der Waals surface area contributed by atoms with Crippen molar-refractivity contribution in [3.63, 3.8) is 0 Å². The topological polar surface area (TPSA) is 21.3 Å². The molecule has 1 fully saturated rings. The molecule has 1 aliphatic carbocycles. The normalized spacial score (nSPS) is 23.4. The molecule has 0 aromatic heterocycles. The number of nitrogens with one attached hydrogen (secondary N) is 1. The molecule has 1 aromatic rings. The van der Waals surface area contributed by atoms with Crippen molar-refractivity contribution in [2.45, 2.75) is 65.0 Å². The molecule has 0 radical (unpaired) electrons. The second-order valence-electron chi connectivity index (χ2n) is 5.97. The van der Waals surface area contributed by atoms with Crippen LogP contribution in [0.2, 0.25) is 0 Å². The van der Waals surface area contributed by atoms with E-state index in [0.29, 0.717) is 6.04 Å². The van der Waals surface area contributed by atoms with Gasteiger partial charge in [0.1, 0.15) is 5.75 Å². The van der Waals surface area contributed by atoms with Crippen molar-refractivity contribution in [2.75, 3.05) is 5.32 Å². The molecule has 19 heavy (non-hydrogen) atoms. The summed E-state index contributed by atoms with van der Waals surface area (Å²) in [5, 5.41) is 3.67. The molecule has 2 unspecified atom stereocenters. The van der Waals surface area contributed by atoms with Crippen LogP contribution < -0.4 is 10.1 Å². The maximum Gasteiger partial charge on any atom is 0.119 e. The molecule has 2 nitrogen and oxygen atoms in total. The largest absolute Gasteiger partial charge is 0.491 e. The Bertz CT molecular complexity index is 371. The van der Waals surface area contributed by atoms with Gasteiger partial charge in [-0.15, -0.1) is 0 Å². The highest BCUT2D eigenvalue weighted by molar-refractivity contribution is 5.47. The van der Waals surface area contributed by atoms with Gasteiger partial charge < -0.3 is 10.1 Å². The first-order chi connectivity index (χ1) is 9.17. The van der Waals surface area contributed by atoms with E-state index in [1.807, 2.05) is 0 Å². The summed E-state index contributed by atoms with van der Waals surface area (Å²) in [5.41, 5.74) is 1.22. The molecule has 1 aliphatic rings. The lowest BCUT2D eigenvalue weighted by Gasteiger charge is -2.29. The van der Waals surface area contributed by atoms with E-state index in [2.05, 4.69) is 50.4 Å². The van der Waals surface area contributed by atoms with E-state index >= 15 is 0 Å². The highest BCUT2D eigenvalue weighted by atomic mass is 16.5. The zero-order valence-corrected chi connectivity index (χ0v) is 12.5. The van der Waals surface area contributed by atoms with Crippen molar-refractivity contribution < 1.29 is 4.74 Å². The lowest BCUT2D eigenvalue weighted by atomic mass is 9.84.